The largest absolute Gasteiger partial charge is 0.484 e. The zero-order valence-corrected chi connectivity index (χ0v) is 11.9. The van der Waals surface area contributed by atoms with E-state index >= 15 is 0 Å². The molecule has 0 heterocycles. The Morgan fingerprint density at radius 1 is 1.40 bits per heavy atom. The summed E-state index contributed by atoms with van der Waals surface area (Å²) < 4.78 is 5.37. The zero-order chi connectivity index (χ0) is 15.0. The first-order chi connectivity index (χ1) is 9.51. The summed E-state index contributed by atoms with van der Waals surface area (Å²) in [6, 6.07) is 7.46. The number of hydrogen-bond donors (Lipinski definition) is 2. The minimum atomic E-state index is -0.845. The minimum absolute atomic E-state index is 0.0459. The molecule has 0 spiro atoms. The number of aliphatic carboxylic acids is 1. The van der Waals surface area contributed by atoms with Crippen molar-refractivity contribution in [2.45, 2.75) is 26.7 Å². The molecule has 0 aromatic heterocycles. The second-order valence-electron chi connectivity index (χ2n) is 4.78. The maximum atomic E-state index is 11.6. The molecule has 1 aromatic rings. The van der Waals surface area contributed by atoms with Crippen LogP contribution in [-0.2, 0) is 9.59 Å². The van der Waals surface area contributed by atoms with Crippen molar-refractivity contribution in [3.05, 3.63) is 29.8 Å². The first kappa shape index (κ1) is 16.0. The Morgan fingerprint density at radius 2 is 2.15 bits per heavy atom. The van der Waals surface area contributed by atoms with Crippen LogP contribution in [0.5, 0.6) is 5.75 Å². The summed E-state index contributed by atoms with van der Waals surface area (Å²) in [4.78, 5) is 22.2. The Labute approximate surface area is 118 Å². The van der Waals surface area contributed by atoms with Crippen LogP contribution in [0.4, 0.5) is 0 Å². The Morgan fingerprint density at radius 3 is 2.75 bits per heavy atom. The number of amides is 1. The van der Waals surface area contributed by atoms with Crippen LogP contribution in [0, 0.1) is 12.8 Å². The number of nitrogens with one attached hydrogen (secondary N) is 1. The van der Waals surface area contributed by atoms with Crippen molar-refractivity contribution in [1.29, 1.82) is 0 Å². The van der Waals surface area contributed by atoms with E-state index in [0.29, 0.717) is 18.7 Å². The number of ether oxygens (including phenoxy) is 1. The number of carbonyl (C=O) groups is 2. The monoisotopic (exact) mass is 279 g/mol. The lowest BCUT2D eigenvalue weighted by molar-refractivity contribution is -0.138. The molecule has 20 heavy (non-hydrogen) atoms. The van der Waals surface area contributed by atoms with Gasteiger partial charge >= 0.3 is 5.97 Å². The molecule has 0 fully saturated rings. The van der Waals surface area contributed by atoms with Crippen LogP contribution in [0.15, 0.2) is 24.3 Å². The molecule has 0 aliphatic heterocycles. The van der Waals surface area contributed by atoms with E-state index in [1.54, 1.807) is 6.07 Å². The predicted molar refractivity (Wildman–Crippen MR) is 75.7 cm³/mol. The number of carboxylic acids is 1. The number of rotatable bonds is 8. The summed E-state index contributed by atoms with van der Waals surface area (Å²) in [5.74, 6) is -0.481. The molecule has 0 radical (unpaired) electrons. The van der Waals surface area contributed by atoms with Gasteiger partial charge in [-0.3, -0.25) is 9.59 Å². The summed E-state index contributed by atoms with van der Waals surface area (Å²) in [5.41, 5.74) is 1.07. The third-order valence-electron chi connectivity index (χ3n) is 2.99. The first-order valence-electron chi connectivity index (χ1n) is 6.69. The van der Waals surface area contributed by atoms with Crippen molar-refractivity contribution in [2.24, 2.45) is 5.92 Å². The highest BCUT2D eigenvalue weighted by Gasteiger charge is 2.12. The maximum Gasteiger partial charge on any atom is 0.303 e. The van der Waals surface area contributed by atoms with Gasteiger partial charge in [0.15, 0.2) is 6.61 Å². The molecule has 5 nitrogen and oxygen atoms in total. The lowest BCUT2D eigenvalue weighted by Gasteiger charge is -2.13. The third kappa shape index (κ3) is 6.22. The van der Waals surface area contributed by atoms with E-state index in [1.807, 2.05) is 32.0 Å². The Bertz CT molecular complexity index is 459. The van der Waals surface area contributed by atoms with Crippen LogP contribution in [0.3, 0.4) is 0 Å². The van der Waals surface area contributed by atoms with E-state index in [-0.39, 0.29) is 24.9 Å². The molecule has 1 unspecified atom stereocenters. The highest BCUT2D eigenvalue weighted by Crippen LogP contribution is 2.12. The number of carboxylic acid groups (broad SMARTS) is 1. The van der Waals surface area contributed by atoms with Crippen LogP contribution in [0.2, 0.25) is 0 Å². The van der Waals surface area contributed by atoms with E-state index in [1.165, 1.54) is 0 Å². The topological polar surface area (TPSA) is 75.6 Å². The molecule has 0 aliphatic carbocycles. The maximum absolute atomic E-state index is 11.6. The number of aryl methyl sites for hydroxylation is 1. The van der Waals surface area contributed by atoms with Gasteiger partial charge in [-0.05, 0) is 30.5 Å². The summed E-state index contributed by atoms with van der Waals surface area (Å²) >= 11 is 0. The number of benzene rings is 1. The van der Waals surface area contributed by atoms with Crippen molar-refractivity contribution in [3.8, 4) is 5.75 Å². The second kappa shape index (κ2) is 8.19. The van der Waals surface area contributed by atoms with E-state index in [2.05, 4.69) is 5.32 Å². The van der Waals surface area contributed by atoms with Crippen molar-refractivity contribution < 1.29 is 19.4 Å². The van der Waals surface area contributed by atoms with Crippen LogP contribution in [-0.4, -0.2) is 30.1 Å². The zero-order valence-electron chi connectivity index (χ0n) is 11.9. The van der Waals surface area contributed by atoms with Gasteiger partial charge in [0.2, 0.25) is 0 Å². The summed E-state index contributed by atoms with van der Waals surface area (Å²) in [5, 5.41) is 11.4. The van der Waals surface area contributed by atoms with Crippen LogP contribution in [0.1, 0.15) is 25.3 Å². The molecular formula is C15H21NO4. The highest BCUT2D eigenvalue weighted by atomic mass is 16.5. The fourth-order valence-corrected chi connectivity index (χ4v) is 1.77. The molecule has 2 N–H and O–H groups in total. The van der Waals surface area contributed by atoms with Crippen molar-refractivity contribution in [1.82, 2.24) is 5.32 Å². The Kier molecular flexibility index (Phi) is 6.56. The van der Waals surface area contributed by atoms with Gasteiger partial charge < -0.3 is 15.2 Å². The average molecular weight is 279 g/mol. The van der Waals surface area contributed by atoms with Crippen LogP contribution < -0.4 is 10.1 Å². The number of carbonyl (C=O) groups excluding carboxylic acids is 1. The molecule has 0 aliphatic rings. The molecule has 110 valence electrons. The van der Waals surface area contributed by atoms with Crippen molar-refractivity contribution in [2.75, 3.05) is 13.2 Å². The van der Waals surface area contributed by atoms with Crippen molar-refractivity contribution in [3.63, 3.8) is 0 Å². The smallest absolute Gasteiger partial charge is 0.303 e. The van der Waals surface area contributed by atoms with E-state index < -0.39 is 5.97 Å². The summed E-state index contributed by atoms with van der Waals surface area (Å²) in [6.45, 7) is 4.15. The van der Waals surface area contributed by atoms with E-state index in [9.17, 15) is 9.59 Å². The van der Waals surface area contributed by atoms with Gasteiger partial charge in [-0.1, -0.05) is 25.5 Å². The molecule has 1 atom stereocenters. The molecule has 5 heteroatoms. The summed E-state index contributed by atoms with van der Waals surface area (Å²) in [6.07, 6.45) is 0.779. The molecule has 0 saturated heterocycles. The molecule has 0 bridgehead atoms. The van der Waals surface area contributed by atoms with Gasteiger partial charge in [-0.2, -0.15) is 0 Å². The van der Waals surface area contributed by atoms with E-state index in [0.717, 1.165) is 5.56 Å². The molecule has 1 rings (SSSR count). The van der Waals surface area contributed by atoms with Gasteiger partial charge in [-0.25, -0.2) is 0 Å². The second-order valence-corrected chi connectivity index (χ2v) is 4.78. The normalized spacial score (nSPS) is 11.7. The minimum Gasteiger partial charge on any atom is -0.484 e. The quantitative estimate of drug-likeness (QED) is 0.763. The van der Waals surface area contributed by atoms with Gasteiger partial charge in [0.25, 0.3) is 5.91 Å². The molecular weight excluding hydrogens is 258 g/mol. The molecule has 1 amide bonds. The Balaban J connectivity index is 2.31. The average Bonchev–Trinajstić information content (AvgIpc) is 2.40. The lowest BCUT2D eigenvalue weighted by atomic mass is 10.0. The fourth-order valence-electron chi connectivity index (χ4n) is 1.77. The Hall–Kier alpha value is -2.04. The van der Waals surface area contributed by atoms with Gasteiger partial charge in [0.1, 0.15) is 5.75 Å². The number of hydrogen-bond acceptors (Lipinski definition) is 3. The summed E-state index contributed by atoms with van der Waals surface area (Å²) in [7, 11) is 0. The van der Waals surface area contributed by atoms with E-state index in [4.69, 9.17) is 9.84 Å². The van der Waals surface area contributed by atoms with Gasteiger partial charge in [-0.15, -0.1) is 0 Å². The lowest BCUT2D eigenvalue weighted by Crippen LogP contribution is -2.33. The predicted octanol–water partition coefficient (Wildman–Crippen LogP) is 1.99. The fraction of sp³-hybridized carbons (Fsp3) is 0.467. The molecule has 0 saturated carbocycles. The highest BCUT2D eigenvalue weighted by molar-refractivity contribution is 5.77. The van der Waals surface area contributed by atoms with Crippen LogP contribution >= 0.6 is 0 Å². The van der Waals surface area contributed by atoms with Gasteiger partial charge in [0, 0.05) is 13.0 Å². The van der Waals surface area contributed by atoms with Gasteiger partial charge in [0.05, 0.1) is 0 Å². The van der Waals surface area contributed by atoms with Crippen molar-refractivity contribution >= 4 is 11.9 Å². The third-order valence-corrected chi connectivity index (χ3v) is 2.99. The van der Waals surface area contributed by atoms with Crippen LogP contribution in [0.25, 0.3) is 0 Å². The standard InChI is InChI=1S/C15H21NO4/c1-3-12(8-15(18)19)9-16-14(17)10-20-13-6-4-5-11(2)7-13/h4-7,12H,3,8-10H2,1-2H3,(H,16,17)(H,18,19). The first-order valence-corrected chi connectivity index (χ1v) is 6.69. The molecule has 1 aromatic carbocycles. The SMILES string of the molecule is CCC(CNC(=O)COc1cccc(C)c1)CC(=O)O.